The first-order valence-corrected chi connectivity index (χ1v) is 10.9. The van der Waals surface area contributed by atoms with E-state index in [0.29, 0.717) is 17.5 Å². The van der Waals surface area contributed by atoms with Crippen molar-refractivity contribution in [3.05, 3.63) is 29.8 Å². The number of hydrogen-bond acceptors (Lipinski definition) is 3. The van der Waals surface area contributed by atoms with Gasteiger partial charge in [-0.1, -0.05) is 32.9 Å². The lowest BCUT2D eigenvalue weighted by Crippen LogP contribution is -2.40. The molecule has 1 aliphatic rings. The Morgan fingerprint density at radius 1 is 1.20 bits per heavy atom. The van der Waals surface area contributed by atoms with E-state index in [2.05, 4.69) is 20.8 Å². The lowest BCUT2D eigenvalue weighted by molar-refractivity contribution is -0.132. The average Bonchev–Trinajstić information content (AvgIpc) is 2.54. The monoisotopic (exact) mass is 366 g/mol. The van der Waals surface area contributed by atoms with Crippen LogP contribution in [0.4, 0.5) is 5.69 Å². The fourth-order valence-electron chi connectivity index (χ4n) is 3.13. The van der Waals surface area contributed by atoms with Crippen LogP contribution in [0.3, 0.4) is 0 Å². The highest BCUT2D eigenvalue weighted by molar-refractivity contribution is 7.92. The molecule has 0 bridgehead atoms. The van der Waals surface area contributed by atoms with Crippen LogP contribution in [0.1, 0.15) is 51.5 Å². The number of anilines is 1. The molecule has 0 saturated carbocycles. The van der Waals surface area contributed by atoms with Crippen molar-refractivity contribution in [3.8, 4) is 0 Å². The predicted molar refractivity (Wildman–Crippen MR) is 102 cm³/mol. The van der Waals surface area contributed by atoms with Gasteiger partial charge in [-0.05, 0) is 42.4 Å². The molecule has 2 rings (SSSR count). The Kier molecular flexibility index (Phi) is 6.49. The van der Waals surface area contributed by atoms with E-state index in [0.717, 1.165) is 31.5 Å². The van der Waals surface area contributed by atoms with Gasteiger partial charge in [0.25, 0.3) is 0 Å². The highest BCUT2D eigenvalue weighted by Crippen LogP contribution is 2.23. The second kappa shape index (κ2) is 8.21. The molecule has 140 valence electrons. The third-order valence-electron chi connectivity index (χ3n) is 4.91. The number of carbonyl (C=O) groups excluding carboxylic acids is 1. The van der Waals surface area contributed by atoms with E-state index >= 15 is 0 Å². The molecule has 25 heavy (non-hydrogen) atoms. The van der Waals surface area contributed by atoms with Gasteiger partial charge in [0.15, 0.2) is 0 Å². The van der Waals surface area contributed by atoms with Gasteiger partial charge in [-0.2, -0.15) is 0 Å². The number of hydrogen-bond donors (Lipinski definition) is 0. The summed E-state index contributed by atoms with van der Waals surface area (Å²) < 4.78 is 25.7. The highest BCUT2D eigenvalue weighted by Gasteiger charge is 2.23. The van der Waals surface area contributed by atoms with Crippen LogP contribution in [0, 0.1) is 5.92 Å². The second-order valence-electron chi connectivity index (χ2n) is 7.39. The molecule has 1 aromatic rings. The van der Waals surface area contributed by atoms with Crippen LogP contribution in [0.2, 0.25) is 0 Å². The molecule has 0 aliphatic carbocycles. The van der Waals surface area contributed by atoms with Crippen LogP contribution in [-0.4, -0.2) is 45.1 Å². The zero-order valence-corrected chi connectivity index (χ0v) is 16.6. The summed E-state index contributed by atoms with van der Waals surface area (Å²) in [5.74, 6) is 1.10. The van der Waals surface area contributed by atoms with Gasteiger partial charge in [0.05, 0.1) is 11.9 Å². The fourth-order valence-corrected chi connectivity index (χ4v) is 4.05. The Hall–Kier alpha value is -1.56. The van der Waals surface area contributed by atoms with Crippen molar-refractivity contribution in [1.82, 2.24) is 4.90 Å². The zero-order chi connectivity index (χ0) is 18.6. The first-order valence-electron chi connectivity index (χ1n) is 9.04. The van der Waals surface area contributed by atoms with E-state index in [9.17, 15) is 13.2 Å². The van der Waals surface area contributed by atoms with E-state index < -0.39 is 10.0 Å². The number of rotatable bonds is 6. The zero-order valence-electron chi connectivity index (χ0n) is 15.7. The van der Waals surface area contributed by atoms with Gasteiger partial charge < -0.3 is 4.90 Å². The normalized spacial score (nSPS) is 16.3. The van der Waals surface area contributed by atoms with E-state index in [1.165, 1.54) is 10.6 Å². The third-order valence-corrected chi connectivity index (χ3v) is 6.11. The van der Waals surface area contributed by atoms with Crippen LogP contribution in [0.15, 0.2) is 24.3 Å². The summed E-state index contributed by atoms with van der Waals surface area (Å²) >= 11 is 0. The molecule has 1 saturated heterocycles. The maximum absolute atomic E-state index is 12.4. The number of likely N-dealkylation sites (tertiary alicyclic amines) is 1. The van der Waals surface area contributed by atoms with E-state index in [-0.39, 0.29) is 18.9 Å². The molecule has 0 unspecified atom stereocenters. The Labute approximate surface area is 152 Å². The number of sulfonamides is 1. The molecule has 6 heteroatoms. The summed E-state index contributed by atoms with van der Waals surface area (Å²) in [7, 11) is -3.42. The molecule has 1 fully saturated rings. The minimum absolute atomic E-state index is 0.0411. The minimum Gasteiger partial charge on any atom is -0.343 e. The Morgan fingerprint density at radius 3 is 2.24 bits per heavy atom. The maximum Gasteiger partial charge on any atom is 0.232 e. The van der Waals surface area contributed by atoms with Crippen molar-refractivity contribution in [2.75, 3.05) is 30.2 Å². The molecule has 0 spiro atoms. The molecule has 1 aliphatic heterocycles. The molecular formula is C19H30N2O3S. The molecule has 1 aromatic carbocycles. The summed E-state index contributed by atoms with van der Waals surface area (Å²) in [6.07, 6.45) is 3.46. The molecule has 0 atom stereocenters. The van der Waals surface area contributed by atoms with E-state index in [1.54, 1.807) is 0 Å². The fraction of sp³-hybridized carbons (Fsp3) is 0.632. The van der Waals surface area contributed by atoms with E-state index in [4.69, 9.17) is 0 Å². The van der Waals surface area contributed by atoms with Crippen molar-refractivity contribution < 1.29 is 13.2 Å². The van der Waals surface area contributed by atoms with Crippen molar-refractivity contribution in [1.29, 1.82) is 0 Å². The largest absolute Gasteiger partial charge is 0.343 e. The van der Waals surface area contributed by atoms with Crippen molar-refractivity contribution in [3.63, 3.8) is 0 Å². The van der Waals surface area contributed by atoms with E-state index in [1.807, 2.05) is 29.2 Å². The van der Waals surface area contributed by atoms with Gasteiger partial charge in [-0.25, -0.2) is 8.42 Å². The first kappa shape index (κ1) is 19.8. The topological polar surface area (TPSA) is 57.7 Å². The van der Waals surface area contributed by atoms with Gasteiger partial charge in [0.1, 0.15) is 0 Å². The smallest absolute Gasteiger partial charge is 0.232 e. The summed E-state index contributed by atoms with van der Waals surface area (Å²) in [6, 6.07) is 7.55. The summed E-state index contributed by atoms with van der Waals surface area (Å²) in [4.78, 5) is 14.3. The summed E-state index contributed by atoms with van der Waals surface area (Å²) in [6.45, 7) is 8.14. The molecule has 0 aromatic heterocycles. The predicted octanol–water partition coefficient (Wildman–Crippen LogP) is 3.22. The van der Waals surface area contributed by atoms with Crippen molar-refractivity contribution >= 4 is 21.6 Å². The Bertz CT molecular complexity index is 675. The lowest BCUT2D eigenvalue weighted by atomic mass is 9.99. The van der Waals surface area contributed by atoms with Gasteiger partial charge in [0, 0.05) is 26.1 Å². The maximum atomic E-state index is 12.4. The van der Waals surface area contributed by atoms with Gasteiger partial charge >= 0.3 is 0 Å². The number of carbonyl (C=O) groups is 1. The minimum atomic E-state index is -3.42. The average molecular weight is 367 g/mol. The lowest BCUT2D eigenvalue weighted by Gasteiger charge is -2.31. The van der Waals surface area contributed by atoms with Crippen LogP contribution >= 0.6 is 0 Å². The molecular weight excluding hydrogens is 336 g/mol. The van der Waals surface area contributed by atoms with Crippen LogP contribution < -0.4 is 4.31 Å². The van der Waals surface area contributed by atoms with Crippen LogP contribution in [-0.2, 0) is 14.8 Å². The standard InChI is InChI=1S/C19H30N2O3S/c1-15(2)17-5-7-18(8-6-17)21(25(4,23)24)14-11-19(22)20-12-9-16(3)10-13-20/h5-8,15-16H,9-14H2,1-4H3. The Balaban J connectivity index is 2.05. The van der Waals surface area contributed by atoms with Crippen LogP contribution in [0.5, 0.6) is 0 Å². The summed E-state index contributed by atoms with van der Waals surface area (Å²) in [5.41, 5.74) is 1.78. The summed E-state index contributed by atoms with van der Waals surface area (Å²) in [5, 5.41) is 0. The molecule has 1 amide bonds. The van der Waals surface area contributed by atoms with Crippen molar-refractivity contribution in [2.24, 2.45) is 5.92 Å². The first-order chi connectivity index (χ1) is 11.7. The number of piperidine rings is 1. The highest BCUT2D eigenvalue weighted by atomic mass is 32.2. The SMILES string of the molecule is CC1CCN(C(=O)CCN(c2ccc(C(C)C)cc2)S(C)(=O)=O)CC1. The van der Waals surface area contributed by atoms with Gasteiger partial charge in [-0.15, -0.1) is 0 Å². The number of amides is 1. The van der Waals surface area contributed by atoms with Crippen molar-refractivity contribution in [2.45, 2.75) is 46.0 Å². The quantitative estimate of drug-likeness (QED) is 0.777. The number of nitrogens with zero attached hydrogens (tertiary/aromatic N) is 2. The Morgan fingerprint density at radius 2 is 1.76 bits per heavy atom. The third kappa shape index (κ3) is 5.46. The van der Waals surface area contributed by atoms with Gasteiger partial charge in [-0.3, -0.25) is 9.10 Å². The molecule has 0 N–H and O–H groups in total. The van der Waals surface area contributed by atoms with Gasteiger partial charge in [0.2, 0.25) is 15.9 Å². The number of benzene rings is 1. The van der Waals surface area contributed by atoms with Crippen LogP contribution in [0.25, 0.3) is 0 Å². The molecule has 5 nitrogen and oxygen atoms in total. The molecule has 1 heterocycles. The molecule has 0 radical (unpaired) electrons. The second-order valence-corrected chi connectivity index (χ2v) is 9.30.